The highest BCUT2D eigenvalue weighted by molar-refractivity contribution is 5.82. The number of carbonyl (C=O) groups is 1. The highest BCUT2D eigenvalue weighted by atomic mass is 16.2. The summed E-state index contributed by atoms with van der Waals surface area (Å²) in [4.78, 5) is 12.2. The molecule has 0 aromatic heterocycles. The molecule has 0 aromatic rings. The zero-order valence-electron chi connectivity index (χ0n) is 13.2. The predicted octanol–water partition coefficient (Wildman–Crippen LogP) is 2.69. The van der Waals surface area contributed by atoms with E-state index in [1.54, 1.807) is 0 Å². The minimum absolute atomic E-state index is 0.0354. The smallest absolute Gasteiger partial charge is 0.237 e. The first kappa shape index (κ1) is 14.4. The molecule has 4 saturated carbocycles. The highest BCUT2D eigenvalue weighted by Gasteiger charge is 2.50. The molecule has 0 saturated heterocycles. The lowest BCUT2D eigenvalue weighted by molar-refractivity contribution is -0.126. The molecule has 0 heterocycles. The Kier molecular flexibility index (Phi) is 3.39. The lowest BCUT2D eigenvalue weighted by Gasteiger charge is -2.57. The first-order valence-electron chi connectivity index (χ1n) is 8.31. The molecule has 4 fully saturated rings. The van der Waals surface area contributed by atoms with E-state index in [9.17, 15) is 4.79 Å². The molecule has 4 aliphatic carbocycles. The van der Waals surface area contributed by atoms with Gasteiger partial charge in [-0.25, -0.2) is 0 Å². The average molecular weight is 278 g/mol. The van der Waals surface area contributed by atoms with Crippen LogP contribution in [0.1, 0.15) is 59.3 Å². The van der Waals surface area contributed by atoms with Crippen molar-refractivity contribution in [1.29, 1.82) is 0 Å². The Bertz CT molecular complexity index is 361. The normalized spacial score (nSPS) is 40.7. The predicted molar refractivity (Wildman–Crippen MR) is 81.0 cm³/mol. The van der Waals surface area contributed by atoms with Crippen LogP contribution in [0, 0.1) is 28.6 Å². The quantitative estimate of drug-likeness (QED) is 0.834. The summed E-state index contributed by atoms with van der Waals surface area (Å²) >= 11 is 0. The Labute approximate surface area is 123 Å². The van der Waals surface area contributed by atoms with Crippen LogP contribution in [0.2, 0.25) is 0 Å². The summed E-state index contributed by atoms with van der Waals surface area (Å²) < 4.78 is 0. The van der Waals surface area contributed by atoms with E-state index in [-0.39, 0.29) is 11.3 Å². The van der Waals surface area contributed by atoms with Crippen molar-refractivity contribution in [2.45, 2.75) is 65.3 Å². The van der Waals surface area contributed by atoms with Crippen molar-refractivity contribution in [1.82, 2.24) is 5.32 Å². The molecule has 114 valence electrons. The average Bonchev–Trinajstić information content (AvgIpc) is 2.32. The summed E-state index contributed by atoms with van der Waals surface area (Å²) in [7, 11) is 0. The van der Waals surface area contributed by atoms with E-state index in [2.05, 4.69) is 5.32 Å². The number of hydrogen-bond acceptors (Lipinski definition) is 2. The molecule has 1 unspecified atom stereocenters. The molecule has 3 nitrogen and oxygen atoms in total. The third kappa shape index (κ3) is 2.61. The van der Waals surface area contributed by atoms with Gasteiger partial charge in [-0.15, -0.1) is 0 Å². The van der Waals surface area contributed by atoms with E-state index in [0.717, 1.165) is 24.3 Å². The van der Waals surface area contributed by atoms with Crippen LogP contribution in [0.5, 0.6) is 0 Å². The molecule has 3 heteroatoms. The Morgan fingerprint density at radius 2 is 1.60 bits per heavy atom. The maximum absolute atomic E-state index is 12.2. The number of carbonyl (C=O) groups excluding carboxylic acids is 1. The van der Waals surface area contributed by atoms with Gasteiger partial charge in [0, 0.05) is 6.54 Å². The van der Waals surface area contributed by atoms with Gasteiger partial charge in [0.05, 0.1) is 6.04 Å². The SMILES string of the molecule is CC(C)(C)C(N)C(=O)NCC12CC3CC(CC(C3)C1)C2. The first-order valence-corrected chi connectivity index (χ1v) is 8.31. The van der Waals surface area contributed by atoms with Crippen LogP contribution in [0.3, 0.4) is 0 Å². The van der Waals surface area contributed by atoms with Crippen LogP contribution in [-0.2, 0) is 4.79 Å². The fourth-order valence-electron chi connectivity index (χ4n) is 5.28. The molecule has 3 N–H and O–H groups in total. The number of amides is 1. The molecule has 0 aliphatic heterocycles. The Balaban J connectivity index is 1.60. The summed E-state index contributed by atoms with van der Waals surface area (Å²) in [5.41, 5.74) is 6.30. The molecule has 1 atom stereocenters. The second kappa shape index (κ2) is 4.72. The fourth-order valence-corrected chi connectivity index (χ4v) is 5.28. The van der Waals surface area contributed by atoms with E-state index >= 15 is 0 Å². The molecule has 0 radical (unpaired) electrons. The minimum atomic E-state index is -0.406. The van der Waals surface area contributed by atoms with Gasteiger partial charge in [-0.05, 0) is 67.1 Å². The molecule has 20 heavy (non-hydrogen) atoms. The van der Waals surface area contributed by atoms with Gasteiger partial charge in [-0.1, -0.05) is 20.8 Å². The summed E-state index contributed by atoms with van der Waals surface area (Å²) in [5, 5.41) is 3.18. The lowest BCUT2D eigenvalue weighted by Crippen LogP contribution is -2.54. The van der Waals surface area contributed by atoms with Crippen molar-refractivity contribution in [2.24, 2.45) is 34.3 Å². The molecule has 0 aromatic carbocycles. The van der Waals surface area contributed by atoms with Crippen molar-refractivity contribution in [3.05, 3.63) is 0 Å². The maximum Gasteiger partial charge on any atom is 0.237 e. The maximum atomic E-state index is 12.2. The third-order valence-electron chi connectivity index (χ3n) is 6.02. The number of rotatable bonds is 3. The summed E-state index contributed by atoms with van der Waals surface area (Å²) in [5.74, 6) is 2.85. The van der Waals surface area contributed by atoms with Gasteiger partial charge in [0.1, 0.15) is 0 Å². The van der Waals surface area contributed by atoms with Crippen LogP contribution in [0.4, 0.5) is 0 Å². The van der Waals surface area contributed by atoms with Crippen molar-refractivity contribution < 1.29 is 4.79 Å². The molecule has 1 amide bonds. The molecular weight excluding hydrogens is 248 g/mol. The first-order chi connectivity index (χ1) is 9.27. The zero-order valence-corrected chi connectivity index (χ0v) is 13.2. The van der Waals surface area contributed by atoms with Crippen LogP contribution < -0.4 is 11.1 Å². The van der Waals surface area contributed by atoms with E-state index in [1.165, 1.54) is 38.5 Å². The van der Waals surface area contributed by atoms with Gasteiger partial charge in [0.25, 0.3) is 0 Å². The standard InChI is InChI=1S/C17H30N2O/c1-16(2,3)14(18)15(20)19-10-17-7-11-4-12(8-17)6-13(5-11)9-17/h11-14H,4-10,18H2,1-3H3,(H,19,20). The molecule has 0 spiro atoms. The second-order valence-corrected chi connectivity index (χ2v) is 8.98. The van der Waals surface area contributed by atoms with E-state index in [4.69, 9.17) is 5.73 Å². The van der Waals surface area contributed by atoms with Crippen LogP contribution >= 0.6 is 0 Å². The third-order valence-corrected chi connectivity index (χ3v) is 6.02. The topological polar surface area (TPSA) is 55.1 Å². The number of nitrogens with two attached hydrogens (primary N) is 1. The van der Waals surface area contributed by atoms with Crippen molar-refractivity contribution in [3.63, 3.8) is 0 Å². The van der Waals surface area contributed by atoms with E-state index in [1.807, 2.05) is 20.8 Å². The van der Waals surface area contributed by atoms with Crippen molar-refractivity contribution in [3.8, 4) is 0 Å². The van der Waals surface area contributed by atoms with Gasteiger partial charge < -0.3 is 11.1 Å². The molecule has 4 bridgehead atoms. The fraction of sp³-hybridized carbons (Fsp3) is 0.941. The molecule has 4 rings (SSSR count). The minimum Gasteiger partial charge on any atom is -0.354 e. The van der Waals surface area contributed by atoms with Crippen molar-refractivity contribution in [2.75, 3.05) is 6.54 Å². The summed E-state index contributed by atoms with van der Waals surface area (Å²) in [6.07, 6.45) is 8.37. The largest absolute Gasteiger partial charge is 0.354 e. The number of hydrogen-bond donors (Lipinski definition) is 2. The number of nitrogens with one attached hydrogen (secondary N) is 1. The van der Waals surface area contributed by atoms with Gasteiger partial charge >= 0.3 is 0 Å². The zero-order chi connectivity index (χ0) is 14.5. The van der Waals surface area contributed by atoms with E-state index < -0.39 is 6.04 Å². The second-order valence-electron chi connectivity index (χ2n) is 8.98. The monoisotopic (exact) mass is 278 g/mol. The van der Waals surface area contributed by atoms with Gasteiger partial charge in [-0.2, -0.15) is 0 Å². The highest BCUT2D eigenvalue weighted by Crippen LogP contribution is 2.59. The summed E-state index contributed by atoms with van der Waals surface area (Å²) in [6, 6.07) is -0.406. The van der Waals surface area contributed by atoms with Gasteiger partial charge in [-0.3, -0.25) is 4.79 Å². The Morgan fingerprint density at radius 1 is 1.15 bits per heavy atom. The van der Waals surface area contributed by atoms with E-state index in [0.29, 0.717) is 5.41 Å². The van der Waals surface area contributed by atoms with Crippen LogP contribution in [0.25, 0.3) is 0 Å². The molecule has 4 aliphatic rings. The van der Waals surface area contributed by atoms with Crippen LogP contribution in [0.15, 0.2) is 0 Å². The lowest BCUT2D eigenvalue weighted by atomic mass is 9.49. The van der Waals surface area contributed by atoms with Crippen LogP contribution in [-0.4, -0.2) is 18.5 Å². The Hall–Kier alpha value is -0.570. The van der Waals surface area contributed by atoms with Gasteiger partial charge in [0.2, 0.25) is 5.91 Å². The van der Waals surface area contributed by atoms with Crippen molar-refractivity contribution >= 4 is 5.91 Å². The van der Waals surface area contributed by atoms with Gasteiger partial charge in [0.15, 0.2) is 0 Å². The molecular formula is C17H30N2O. The summed E-state index contributed by atoms with van der Waals surface area (Å²) in [6.45, 7) is 6.95. The Morgan fingerprint density at radius 3 is 2.00 bits per heavy atom.